The number of piperidine rings is 1. The van der Waals surface area contributed by atoms with E-state index in [0.29, 0.717) is 44.3 Å². The first-order chi connectivity index (χ1) is 15.8. The van der Waals surface area contributed by atoms with Crippen LogP contribution in [0.25, 0.3) is 0 Å². The Morgan fingerprint density at radius 3 is 2.42 bits per heavy atom. The summed E-state index contributed by atoms with van der Waals surface area (Å²) in [6, 6.07) is 5.66. The van der Waals surface area contributed by atoms with Crippen LogP contribution in [0.5, 0.6) is 0 Å². The molecule has 0 aliphatic carbocycles. The van der Waals surface area contributed by atoms with Gasteiger partial charge in [0.15, 0.2) is 0 Å². The largest absolute Gasteiger partial charge is 0.416 e. The van der Waals surface area contributed by atoms with Crippen LogP contribution in [0.15, 0.2) is 24.3 Å². The molecule has 0 radical (unpaired) electrons. The van der Waals surface area contributed by atoms with E-state index in [1.807, 2.05) is 9.80 Å². The number of rotatable bonds is 5. The lowest BCUT2D eigenvalue weighted by Gasteiger charge is -2.41. The van der Waals surface area contributed by atoms with Crippen molar-refractivity contribution in [1.29, 1.82) is 0 Å². The van der Waals surface area contributed by atoms with Gasteiger partial charge in [-0.05, 0) is 63.5 Å². The average molecular weight is 468 g/mol. The smallest absolute Gasteiger partial charge is 0.368 e. The van der Waals surface area contributed by atoms with Crippen LogP contribution in [0.1, 0.15) is 38.2 Å². The number of alkyl halides is 3. The van der Waals surface area contributed by atoms with Gasteiger partial charge in [0.05, 0.1) is 11.6 Å². The van der Waals surface area contributed by atoms with Crippen molar-refractivity contribution < 1.29 is 18.0 Å². The standard InChI is InChI=1S/C24H36F3N5O/c1-2-8-29-9-6-20(7-10-29)32-17-19(28)16-22(32)23(33)31-13-11-30(12-14-31)21-5-3-4-18(15-21)24(25,26)27/h3-5,15,19-20,22H,2,6-14,16-17,28H2,1H3/t19-,22-/m0/s1. The van der Waals surface area contributed by atoms with Gasteiger partial charge < -0.3 is 20.4 Å². The molecular weight excluding hydrogens is 431 g/mol. The van der Waals surface area contributed by atoms with Crippen LogP contribution in [-0.2, 0) is 11.0 Å². The highest BCUT2D eigenvalue weighted by molar-refractivity contribution is 5.82. The zero-order valence-corrected chi connectivity index (χ0v) is 19.4. The summed E-state index contributed by atoms with van der Waals surface area (Å²) in [6.45, 7) is 8.33. The summed E-state index contributed by atoms with van der Waals surface area (Å²) in [5, 5.41) is 0. The van der Waals surface area contributed by atoms with Crippen LogP contribution in [-0.4, -0.2) is 91.1 Å². The predicted octanol–water partition coefficient (Wildman–Crippen LogP) is 2.63. The van der Waals surface area contributed by atoms with Crippen molar-refractivity contribution in [3.05, 3.63) is 29.8 Å². The van der Waals surface area contributed by atoms with Gasteiger partial charge in [-0.25, -0.2) is 0 Å². The molecule has 6 nitrogen and oxygen atoms in total. The average Bonchev–Trinajstić information content (AvgIpc) is 3.20. The molecule has 184 valence electrons. The molecule has 3 fully saturated rings. The third-order valence-corrected chi connectivity index (χ3v) is 7.35. The molecule has 3 heterocycles. The van der Waals surface area contributed by atoms with Crippen molar-refractivity contribution in [2.24, 2.45) is 5.73 Å². The van der Waals surface area contributed by atoms with E-state index in [0.717, 1.165) is 51.5 Å². The van der Waals surface area contributed by atoms with Crippen molar-refractivity contribution in [3.8, 4) is 0 Å². The maximum absolute atomic E-state index is 13.4. The number of likely N-dealkylation sites (tertiary alicyclic amines) is 2. The Kier molecular flexibility index (Phi) is 7.50. The van der Waals surface area contributed by atoms with Crippen molar-refractivity contribution >= 4 is 11.6 Å². The van der Waals surface area contributed by atoms with E-state index in [1.165, 1.54) is 12.1 Å². The van der Waals surface area contributed by atoms with Crippen LogP contribution >= 0.6 is 0 Å². The molecule has 3 aliphatic rings. The number of carbonyl (C=O) groups excluding carboxylic acids is 1. The quantitative estimate of drug-likeness (QED) is 0.722. The van der Waals surface area contributed by atoms with Gasteiger partial charge in [0.1, 0.15) is 0 Å². The van der Waals surface area contributed by atoms with Gasteiger partial charge in [0.25, 0.3) is 0 Å². The second-order valence-electron chi connectivity index (χ2n) is 9.64. The number of nitrogens with zero attached hydrogens (tertiary/aromatic N) is 4. The number of nitrogens with two attached hydrogens (primary N) is 1. The summed E-state index contributed by atoms with van der Waals surface area (Å²) in [7, 11) is 0. The van der Waals surface area contributed by atoms with Gasteiger partial charge in [0.2, 0.25) is 5.91 Å². The van der Waals surface area contributed by atoms with Crippen LogP contribution in [0.3, 0.4) is 0 Å². The minimum absolute atomic E-state index is 0.0130. The zero-order chi connectivity index (χ0) is 23.6. The molecule has 0 aromatic heterocycles. The fourth-order valence-corrected chi connectivity index (χ4v) is 5.61. The van der Waals surface area contributed by atoms with Crippen molar-refractivity contribution in [3.63, 3.8) is 0 Å². The SMILES string of the molecule is CCCN1CCC(N2C[C@@H](N)C[C@H]2C(=O)N2CCN(c3cccc(C(F)(F)F)c3)CC2)CC1. The molecule has 1 aromatic rings. The molecule has 0 saturated carbocycles. The first kappa shape index (κ1) is 24.3. The van der Waals surface area contributed by atoms with Gasteiger partial charge in [-0.1, -0.05) is 13.0 Å². The number of halogens is 3. The summed E-state index contributed by atoms with van der Waals surface area (Å²) in [5.41, 5.74) is 6.20. The highest BCUT2D eigenvalue weighted by Gasteiger charge is 2.42. The minimum atomic E-state index is -4.36. The first-order valence-corrected chi connectivity index (χ1v) is 12.2. The number of benzene rings is 1. The second-order valence-corrected chi connectivity index (χ2v) is 9.64. The lowest BCUT2D eigenvalue weighted by Crippen LogP contribution is -2.56. The number of piperazine rings is 1. The highest BCUT2D eigenvalue weighted by atomic mass is 19.4. The van der Waals surface area contributed by atoms with Crippen molar-refractivity contribution in [2.75, 3.05) is 57.3 Å². The molecule has 3 saturated heterocycles. The Morgan fingerprint density at radius 1 is 1.09 bits per heavy atom. The molecule has 2 N–H and O–H groups in total. The lowest BCUT2D eigenvalue weighted by molar-refractivity contribution is -0.138. The Morgan fingerprint density at radius 2 is 1.79 bits per heavy atom. The Hall–Kier alpha value is -1.84. The fourth-order valence-electron chi connectivity index (χ4n) is 5.61. The molecule has 1 aromatic carbocycles. The van der Waals surface area contributed by atoms with Gasteiger partial charge in [0, 0.05) is 50.5 Å². The van der Waals surface area contributed by atoms with E-state index in [2.05, 4.69) is 16.7 Å². The van der Waals surface area contributed by atoms with E-state index in [9.17, 15) is 18.0 Å². The highest BCUT2D eigenvalue weighted by Crippen LogP contribution is 2.32. The van der Waals surface area contributed by atoms with Gasteiger partial charge in [-0.3, -0.25) is 9.69 Å². The Labute approximate surface area is 194 Å². The van der Waals surface area contributed by atoms with E-state index in [-0.39, 0.29) is 18.0 Å². The van der Waals surface area contributed by atoms with E-state index in [1.54, 1.807) is 6.07 Å². The predicted molar refractivity (Wildman–Crippen MR) is 123 cm³/mol. The van der Waals surface area contributed by atoms with Crippen LogP contribution in [0.2, 0.25) is 0 Å². The molecule has 9 heteroatoms. The van der Waals surface area contributed by atoms with Crippen molar-refractivity contribution in [2.45, 2.75) is 56.9 Å². The second kappa shape index (κ2) is 10.2. The number of amides is 1. The van der Waals surface area contributed by atoms with Crippen LogP contribution in [0.4, 0.5) is 18.9 Å². The van der Waals surface area contributed by atoms with Crippen LogP contribution in [0, 0.1) is 0 Å². The van der Waals surface area contributed by atoms with Crippen LogP contribution < -0.4 is 10.6 Å². The molecular formula is C24H36F3N5O. The third kappa shape index (κ3) is 5.63. The first-order valence-electron chi connectivity index (χ1n) is 12.2. The number of hydrogen-bond acceptors (Lipinski definition) is 5. The topological polar surface area (TPSA) is 56.1 Å². The molecule has 0 unspecified atom stereocenters. The maximum atomic E-state index is 13.4. The third-order valence-electron chi connectivity index (χ3n) is 7.35. The molecule has 4 rings (SSSR count). The lowest BCUT2D eigenvalue weighted by atomic mass is 10.0. The summed E-state index contributed by atoms with van der Waals surface area (Å²) < 4.78 is 39.2. The Balaban J connectivity index is 1.35. The molecule has 33 heavy (non-hydrogen) atoms. The Bertz CT molecular complexity index is 804. The fraction of sp³-hybridized carbons (Fsp3) is 0.708. The normalized spacial score (nSPS) is 26.2. The summed E-state index contributed by atoms with van der Waals surface area (Å²) >= 11 is 0. The zero-order valence-electron chi connectivity index (χ0n) is 19.4. The van der Waals surface area contributed by atoms with E-state index >= 15 is 0 Å². The summed E-state index contributed by atoms with van der Waals surface area (Å²) in [4.78, 5) is 22.1. The molecule has 0 spiro atoms. The maximum Gasteiger partial charge on any atom is 0.416 e. The van der Waals surface area contributed by atoms with E-state index < -0.39 is 11.7 Å². The number of anilines is 1. The summed E-state index contributed by atoms with van der Waals surface area (Å²) in [5.74, 6) is 0.127. The van der Waals surface area contributed by atoms with Gasteiger partial charge in [-0.2, -0.15) is 13.2 Å². The molecule has 1 amide bonds. The number of hydrogen-bond donors (Lipinski definition) is 1. The van der Waals surface area contributed by atoms with Crippen molar-refractivity contribution in [1.82, 2.24) is 14.7 Å². The molecule has 3 aliphatic heterocycles. The molecule has 0 bridgehead atoms. The molecule has 2 atom stereocenters. The summed E-state index contributed by atoms with van der Waals surface area (Å²) in [6.07, 6.45) is -0.375. The monoisotopic (exact) mass is 467 g/mol. The van der Waals surface area contributed by atoms with E-state index in [4.69, 9.17) is 5.73 Å². The minimum Gasteiger partial charge on any atom is -0.368 e. The number of carbonyl (C=O) groups is 1. The van der Waals surface area contributed by atoms with Gasteiger partial charge in [-0.15, -0.1) is 0 Å². The van der Waals surface area contributed by atoms with Gasteiger partial charge >= 0.3 is 6.18 Å².